The van der Waals surface area contributed by atoms with Crippen molar-refractivity contribution in [3.05, 3.63) is 36.2 Å². The number of pyridine rings is 1. The monoisotopic (exact) mass is 174 g/mol. The summed E-state index contributed by atoms with van der Waals surface area (Å²) in [6, 6.07) is 8.30. The lowest BCUT2D eigenvalue weighted by molar-refractivity contribution is 0.549. The highest BCUT2D eigenvalue weighted by molar-refractivity contribution is 5.47. The first-order valence-corrected chi connectivity index (χ1v) is 4.52. The van der Waals surface area contributed by atoms with Crippen molar-refractivity contribution in [3.8, 4) is 0 Å². The molecule has 0 saturated heterocycles. The number of rotatable bonds is 0. The van der Waals surface area contributed by atoms with Crippen molar-refractivity contribution in [1.82, 2.24) is 9.61 Å². The summed E-state index contributed by atoms with van der Waals surface area (Å²) >= 11 is 0. The van der Waals surface area contributed by atoms with Gasteiger partial charge in [-0.05, 0) is 18.2 Å². The lowest BCUT2D eigenvalue weighted by atomic mass is 9.91. The Balaban J connectivity index is 2.75. The van der Waals surface area contributed by atoms with Gasteiger partial charge in [0.25, 0.3) is 0 Å². The van der Waals surface area contributed by atoms with Crippen LogP contribution in [0.1, 0.15) is 26.5 Å². The number of fused-ring (bicyclic) bond motifs is 1. The zero-order chi connectivity index (χ0) is 9.47. The Labute approximate surface area is 78.2 Å². The van der Waals surface area contributed by atoms with Crippen LogP contribution in [0.3, 0.4) is 0 Å². The highest BCUT2D eigenvalue weighted by Gasteiger charge is 2.16. The van der Waals surface area contributed by atoms with Crippen LogP contribution in [0.4, 0.5) is 0 Å². The molecule has 0 atom stereocenters. The Kier molecular flexibility index (Phi) is 1.65. The molecule has 0 unspecified atom stereocenters. The van der Waals surface area contributed by atoms with Crippen LogP contribution in [0, 0.1) is 0 Å². The summed E-state index contributed by atoms with van der Waals surface area (Å²) in [6.07, 6.45) is 1.84. The van der Waals surface area contributed by atoms with Crippen molar-refractivity contribution >= 4 is 5.52 Å². The smallest absolute Gasteiger partial charge is 0.0665 e. The predicted molar refractivity (Wildman–Crippen MR) is 53.9 cm³/mol. The molecule has 2 rings (SSSR count). The van der Waals surface area contributed by atoms with Gasteiger partial charge in [0.05, 0.1) is 5.52 Å². The van der Waals surface area contributed by atoms with E-state index in [2.05, 4.69) is 44.1 Å². The van der Waals surface area contributed by atoms with Gasteiger partial charge in [0.2, 0.25) is 0 Å². The summed E-state index contributed by atoms with van der Waals surface area (Å²) in [5.41, 5.74) is 2.55. The zero-order valence-electron chi connectivity index (χ0n) is 8.28. The van der Waals surface area contributed by atoms with Crippen molar-refractivity contribution in [2.24, 2.45) is 0 Å². The van der Waals surface area contributed by atoms with Crippen LogP contribution in [0.2, 0.25) is 0 Å². The minimum Gasteiger partial charge on any atom is -0.237 e. The van der Waals surface area contributed by atoms with E-state index in [-0.39, 0.29) is 5.41 Å². The fourth-order valence-electron chi connectivity index (χ4n) is 1.52. The summed E-state index contributed by atoms with van der Waals surface area (Å²) < 4.78 is 2.00. The molecular formula is C11H14N2. The van der Waals surface area contributed by atoms with E-state index in [0.29, 0.717) is 0 Å². The Morgan fingerprint density at radius 3 is 2.62 bits per heavy atom. The molecule has 2 nitrogen and oxygen atoms in total. The molecule has 0 aliphatic rings. The molecule has 0 aliphatic heterocycles. The highest BCUT2D eigenvalue weighted by Crippen LogP contribution is 2.22. The van der Waals surface area contributed by atoms with Gasteiger partial charge in [-0.3, -0.25) is 0 Å². The third-order valence-electron chi connectivity index (χ3n) is 2.19. The molecule has 13 heavy (non-hydrogen) atoms. The first kappa shape index (κ1) is 8.30. The van der Waals surface area contributed by atoms with E-state index in [0.717, 1.165) is 5.52 Å². The molecule has 2 heteroatoms. The summed E-state index contributed by atoms with van der Waals surface area (Å²) in [5, 5.41) is 4.30. The molecule has 0 bridgehead atoms. The maximum Gasteiger partial charge on any atom is 0.0665 e. The molecule has 0 fully saturated rings. The largest absolute Gasteiger partial charge is 0.237 e. The van der Waals surface area contributed by atoms with Gasteiger partial charge in [-0.1, -0.05) is 26.8 Å². The van der Waals surface area contributed by atoms with Gasteiger partial charge in [-0.2, -0.15) is 5.10 Å². The van der Waals surface area contributed by atoms with Gasteiger partial charge in [0, 0.05) is 17.3 Å². The van der Waals surface area contributed by atoms with Crippen molar-refractivity contribution < 1.29 is 0 Å². The first-order valence-electron chi connectivity index (χ1n) is 4.52. The zero-order valence-corrected chi connectivity index (χ0v) is 8.28. The number of nitrogens with zero attached hydrogens (tertiary/aromatic N) is 2. The van der Waals surface area contributed by atoms with E-state index in [1.165, 1.54) is 5.69 Å². The van der Waals surface area contributed by atoms with Gasteiger partial charge in [-0.15, -0.1) is 0 Å². The lowest BCUT2D eigenvalue weighted by Gasteiger charge is -2.19. The maximum absolute atomic E-state index is 4.30. The van der Waals surface area contributed by atoms with Crippen molar-refractivity contribution in [3.63, 3.8) is 0 Å². The molecule has 0 N–H and O–H groups in total. The second kappa shape index (κ2) is 2.59. The minimum absolute atomic E-state index is 0.144. The number of aromatic nitrogens is 2. The standard InChI is InChI=1S/C11H14N2/c1-11(2,3)10-6-4-5-9-7-8-12-13(9)10/h4-8H,1-3H3. The molecule has 0 saturated carbocycles. The van der Waals surface area contributed by atoms with Crippen LogP contribution in [-0.2, 0) is 5.41 Å². The molecular weight excluding hydrogens is 160 g/mol. The van der Waals surface area contributed by atoms with Crippen LogP contribution in [0.15, 0.2) is 30.5 Å². The van der Waals surface area contributed by atoms with Crippen molar-refractivity contribution in [2.45, 2.75) is 26.2 Å². The number of hydrogen-bond acceptors (Lipinski definition) is 1. The van der Waals surface area contributed by atoms with E-state index < -0.39 is 0 Å². The first-order chi connectivity index (χ1) is 6.09. The van der Waals surface area contributed by atoms with Crippen LogP contribution >= 0.6 is 0 Å². The van der Waals surface area contributed by atoms with Crippen molar-refractivity contribution in [2.75, 3.05) is 0 Å². The van der Waals surface area contributed by atoms with Gasteiger partial charge in [-0.25, -0.2) is 4.52 Å². The average Bonchev–Trinajstić information content (AvgIpc) is 2.48. The van der Waals surface area contributed by atoms with E-state index in [1.54, 1.807) is 0 Å². The topological polar surface area (TPSA) is 17.3 Å². The summed E-state index contributed by atoms with van der Waals surface area (Å²) in [5.74, 6) is 0. The minimum atomic E-state index is 0.144. The fraction of sp³-hybridized carbons (Fsp3) is 0.364. The maximum atomic E-state index is 4.30. The Bertz CT molecular complexity index is 421. The SMILES string of the molecule is CC(C)(C)c1cccc2ccnn12. The fourth-order valence-corrected chi connectivity index (χ4v) is 1.52. The van der Waals surface area contributed by atoms with Crippen LogP contribution in [-0.4, -0.2) is 9.61 Å². The second-order valence-electron chi connectivity index (χ2n) is 4.33. The van der Waals surface area contributed by atoms with Crippen molar-refractivity contribution in [1.29, 1.82) is 0 Å². The summed E-state index contributed by atoms with van der Waals surface area (Å²) in [6.45, 7) is 6.59. The molecule has 2 heterocycles. The average molecular weight is 174 g/mol. The van der Waals surface area contributed by atoms with Crippen LogP contribution in [0.25, 0.3) is 5.52 Å². The van der Waals surface area contributed by atoms with E-state index >= 15 is 0 Å². The Morgan fingerprint density at radius 1 is 1.15 bits per heavy atom. The molecule has 68 valence electrons. The van der Waals surface area contributed by atoms with Crippen LogP contribution < -0.4 is 0 Å². The summed E-state index contributed by atoms with van der Waals surface area (Å²) in [7, 11) is 0. The second-order valence-corrected chi connectivity index (χ2v) is 4.33. The van der Waals surface area contributed by atoms with Gasteiger partial charge in [0.1, 0.15) is 0 Å². The molecule has 0 amide bonds. The molecule has 0 aliphatic carbocycles. The van der Waals surface area contributed by atoms with Gasteiger partial charge in [0.15, 0.2) is 0 Å². The molecule has 2 aromatic heterocycles. The number of hydrogen-bond donors (Lipinski definition) is 0. The molecule has 2 aromatic rings. The summed E-state index contributed by atoms with van der Waals surface area (Å²) in [4.78, 5) is 0. The molecule has 0 spiro atoms. The van der Waals surface area contributed by atoms with Gasteiger partial charge < -0.3 is 0 Å². The Hall–Kier alpha value is -1.31. The van der Waals surface area contributed by atoms with E-state index in [9.17, 15) is 0 Å². The van der Waals surface area contributed by atoms with E-state index in [1.807, 2.05) is 16.8 Å². The van der Waals surface area contributed by atoms with Gasteiger partial charge >= 0.3 is 0 Å². The van der Waals surface area contributed by atoms with Crippen LogP contribution in [0.5, 0.6) is 0 Å². The predicted octanol–water partition coefficient (Wildman–Crippen LogP) is 2.63. The normalized spacial score (nSPS) is 12.2. The van der Waals surface area contributed by atoms with E-state index in [4.69, 9.17) is 0 Å². The lowest BCUT2D eigenvalue weighted by Crippen LogP contribution is -2.16. The molecule has 0 aromatic carbocycles. The molecule has 0 radical (unpaired) electrons. The Morgan fingerprint density at radius 2 is 1.92 bits per heavy atom. The quantitative estimate of drug-likeness (QED) is 0.600. The third kappa shape index (κ3) is 1.32. The third-order valence-corrected chi connectivity index (χ3v) is 2.19. The highest BCUT2D eigenvalue weighted by atomic mass is 15.2.